The monoisotopic (exact) mass is 225 g/mol. The number of amides is 1. The number of hydrogen-bond acceptors (Lipinski definition) is 4. The number of nitrogens with one attached hydrogen (secondary N) is 1. The number of methoxy groups -OCH3 is 1. The first-order chi connectivity index (χ1) is 7.56. The Bertz CT molecular complexity index is 358. The van der Waals surface area contributed by atoms with E-state index in [0.29, 0.717) is 6.61 Å². The van der Waals surface area contributed by atoms with E-state index in [1.54, 1.807) is 6.92 Å². The van der Waals surface area contributed by atoms with Crippen molar-refractivity contribution in [3.8, 4) is 11.5 Å². The SMILES string of the molecule is COCC(C)NC(=O)c1c(O)cccc1O. The van der Waals surface area contributed by atoms with E-state index in [0.717, 1.165) is 0 Å². The maximum absolute atomic E-state index is 11.7. The van der Waals surface area contributed by atoms with Gasteiger partial charge in [-0.05, 0) is 19.1 Å². The van der Waals surface area contributed by atoms with E-state index in [-0.39, 0.29) is 23.1 Å². The predicted molar refractivity (Wildman–Crippen MR) is 58.6 cm³/mol. The third-order valence-electron chi connectivity index (χ3n) is 2.04. The average Bonchev–Trinajstić information content (AvgIpc) is 2.17. The van der Waals surface area contributed by atoms with E-state index in [9.17, 15) is 15.0 Å². The van der Waals surface area contributed by atoms with Crippen molar-refractivity contribution >= 4 is 5.91 Å². The van der Waals surface area contributed by atoms with Gasteiger partial charge >= 0.3 is 0 Å². The smallest absolute Gasteiger partial charge is 0.259 e. The topological polar surface area (TPSA) is 78.8 Å². The molecular formula is C11H15NO4. The Morgan fingerprint density at radius 1 is 1.44 bits per heavy atom. The lowest BCUT2D eigenvalue weighted by molar-refractivity contribution is 0.0900. The second-order valence-corrected chi connectivity index (χ2v) is 3.50. The number of ether oxygens (including phenoxy) is 1. The molecule has 0 heterocycles. The first kappa shape index (κ1) is 12.3. The van der Waals surface area contributed by atoms with Gasteiger partial charge in [0.15, 0.2) is 0 Å². The molecule has 0 aromatic heterocycles. The number of rotatable bonds is 4. The minimum Gasteiger partial charge on any atom is -0.507 e. The molecule has 5 nitrogen and oxygen atoms in total. The van der Waals surface area contributed by atoms with Gasteiger partial charge in [-0.25, -0.2) is 0 Å². The van der Waals surface area contributed by atoms with Crippen LogP contribution in [-0.4, -0.2) is 35.9 Å². The second-order valence-electron chi connectivity index (χ2n) is 3.50. The Kier molecular flexibility index (Phi) is 4.13. The van der Waals surface area contributed by atoms with E-state index in [2.05, 4.69) is 5.32 Å². The van der Waals surface area contributed by atoms with E-state index >= 15 is 0 Å². The van der Waals surface area contributed by atoms with Crippen LogP contribution in [0.4, 0.5) is 0 Å². The molecule has 1 unspecified atom stereocenters. The molecule has 1 amide bonds. The van der Waals surface area contributed by atoms with Crippen LogP contribution in [-0.2, 0) is 4.74 Å². The Morgan fingerprint density at radius 2 is 2.00 bits per heavy atom. The van der Waals surface area contributed by atoms with Crippen LogP contribution in [0, 0.1) is 0 Å². The van der Waals surface area contributed by atoms with Crippen molar-refractivity contribution in [1.29, 1.82) is 0 Å². The van der Waals surface area contributed by atoms with Gasteiger partial charge < -0.3 is 20.3 Å². The standard InChI is InChI=1S/C11H15NO4/c1-7(6-16-2)12-11(15)10-8(13)4-3-5-9(10)14/h3-5,7,13-14H,6H2,1-2H3,(H,12,15). The zero-order valence-electron chi connectivity index (χ0n) is 9.23. The van der Waals surface area contributed by atoms with Crippen LogP contribution in [0.1, 0.15) is 17.3 Å². The number of phenols is 2. The van der Waals surface area contributed by atoms with Crippen LogP contribution in [0.3, 0.4) is 0 Å². The second kappa shape index (κ2) is 5.37. The molecule has 0 aliphatic rings. The van der Waals surface area contributed by atoms with Crippen molar-refractivity contribution in [2.24, 2.45) is 0 Å². The van der Waals surface area contributed by atoms with Gasteiger partial charge in [-0.3, -0.25) is 4.79 Å². The third-order valence-corrected chi connectivity index (χ3v) is 2.04. The van der Waals surface area contributed by atoms with Crippen LogP contribution in [0.5, 0.6) is 11.5 Å². The quantitative estimate of drug-likeness (QED) is 0.710. The maximum atomic E-state index is 11.7. The number of benzene rings is 1. The molecule has 0 bridgehead atoms. The predicted octanol–water partition coefficient (Wildman–Crippen LogP) is 0.863. The molecule has 0 fully saturated rings. The van der Waals surface area contributed by atoms with Crippen molar-refractivity contribution in [2.45, 2.75) is 13.0 Å². The minimum atomic E-state index is -0.528. The molecule has 0 saturated heterocycles. The fourth-order valence-corrected chi connectivity index (χ4v) is 1.35. The molecule has 1 atom stereocenters. The van der Waals surface area contributed by atoms with Gasteiger partial charge in [0, 0.05) is 13.2 Å². The first-order valence-corrected chi connectivity index (χ1v) is 4.87. The highest BCUT2D eigenvalue weighted by Gasteiger charge is 2.17. The molecule has 16 heavy (non-hydrogen) atoms. The van der Waals surface area contributed by atoms with Crippen LogP contribution in [0.15, 0.2) is 18.2 Å². The van der Waals surface area contributed by atoms with Crippen LogP contribution in [0.2, 0.25) is 0 Å². The van der Waals surface area contributed by atoms with Gasteiger partial charge in [-0.2, -0.15) is 0 Å². The number of phenolic OH excluding ortho intramolecular Hbond substituents is 2. The Morgan fingerprint density at radius 3 is 2.50 bits per heavy atom. The molecule has 1 rings (SSSR count). The summed E-state index contributed by atoms with van der Waals surface area (Å²) in [5, 5.41) is 21.5. The lowest BCUT2D eigenvalue weighted by Gasteiger charge is -2.13. The molecule has 5 heteroatoms. The highest BCUT2D eigenvalue weighted by atomic mass is 16.5. The summed E-state index contributed by atoms with van der Waals surface area (Å²) in [5.74, 6) is -1.02. The molecule has 0 radical (unpaired) electrons. The largest absolute Gasteiger partial charge is 0.507 e. The molecule has 0 spiro atoms. The molecule has 88 valence electrons. The van der Waals surface area contributed by atoms with Crippen molar-refractivity contribution in [3.63, 3.8) is 0 Å². The van der Waals surface area contributed by atoms with Crippen LogP contribution >= 0.6 is 0 Å². The van der Waals surface area contributed by atoms with E-state index in [1.165, 1.54) is 25.3 Å². The first-order valence-electron chi connectivity index (χ1n) is 4.87. The summed E-state index contributed by atoms with van der Waals surface area (Å²) in [7, 11) is 1.53. The normalized spacial score (nSPS) is 12.1. The molecule has 3 N–H and O–H groups in total. The Balaban J connectivity index is 2.80. The molecule has 1 aromatic carbocycles. The molecule has 0 aliphatic heterocycles. The summed E-state index contributed by atoms with van der Waals surface area (Å²) in [6, 6.07) is 3.95. The summed E-state index contributed by atoms with van der Waals surface area (Å²) >= 11 is 0. The zero-order chi connectivity index (χ0) is 12.1. The molecule has 1 aromatic rings. The van der Waals surface area contributed by atoms with Crippen molar-refractivity contribution in [2.75, 3.05) is 13.7 Å². The fraction of sp³-hybridized carbons (Fsp3) is 0.364. The number of aromatic hydroxyl groups is 2. The van der Waals surface area contributed by atoms with Gasteiger partial charge in [0.25, 0.3) is 5.91 Å². The zero-order valence-corrected chi connectivity index (χ0v) is 9.23. The summed E-state index contributed by atoms with van der Waals surface area (Å²) in [6.07, 6.45) is 0. The van der Waals surface area contributed by atoms with E-state index in [1.807, 2.05) is 0 Å². The van der Waals surface area contributed by atoms with Gasteiger partial charge in [0.1, 0.15) is 17.1 Å². The summed E-state index contributed by atoms with van der Waals surface area (Å²) < 4.78 is 4.86. The molecule has 0 aliphatic carbocycles. The highest BCUT2D eigenvalue weighted by molar-refractivity contribution is 5.99. The van der Waals surface area contributed by atoms with Gasteiger partial charge in [-0.15, -0.1) is 0 Å². The van der Waals surface area contributed by atoms with Crippen molar-refractivity contribution < 1.29 is 19.7 Å². The van der Waals surface area contributed by atoms with Crippen molar-refractivity contribution in [3.05, 3.63) is 23.8 Å². The maximum Gasteiger partial charge on any atom is 0.259 e. The summed E-state index contributed by atoms with van der Waals surface area (Å²) in [6.45, 7) is 2.12. The van der Waals surface area contributed by atoms with Gasteiger partial charge in [0.05, 0.1) is 6.61 Å². The Hall–Kier alpha value is -1.75. The van der Waals surface area contributed by atoms with E-state index < -0.39 is 5.91 Å². The third kappa shape index (κ3) is 2.87. The minimum absolute atomic E-state index is 0.120. The molecule has 0 saturated carbocycles. The number of carbonyl (C=O) groups excluding carboxylic acids is 1. The lowest BCUT2D eigenvalue weighted by Crippen LogP contribution is -2.35. The summed E-state index contributed by atoms with van der Waals surface area (Å²) in [4.78, 5) is 11.7. The highest BCUT2D eigenvalue weighted by Crippen LogP contribution is 2.25. The van der Waals surface area contributed by atoms with E-state index in [4.69, 9.17) is 4.74 Å². The van der Waals surface area contributed by atoms with Crippen LogP contribution < -0.4 is 5.32 Å². The fourth-order valence-electron chi connectivity index (χ4n) is 1.35. The lowest BCUT2D eigenvalue weighted by atomic mass is 10.1. The average molecular weight is 225 g/mol. The number of hydrogen-bond donors (Lipinski definition) is 3. The van der Waals surface area contributed by atoms with Crippen molar-refractivity contribution in [1.82, 2.24) is 5.32 Å². The Labute approximate surface area is 93.7 Å². The summed E-state index contributed by atoms with van der Waals surface area (Å²) in [5.41, 5.74) is -0.120. The number of carbonyl (C=O) groups is 1. The van der Waals surface area contributed by atoms with Crippen LogP contribution in [0.25, 0.3) is 0 Å². The molecular weight excluding hydrogens is 210 g/mol. The van der Waals surface area contributed by atoms with Gasteiger partial charge in [0.2, 0.25) is 0 Å². The van der Waals surface area contributed by atoms with Gasteiger partial charge in [-0.1, -0.05) is 6.07 Å².